The van der Waals surface area contributed by atoms with E-state index in [1.54, 1.807) is 0 Å². The van der Waals surface area contributed by atoms with Crippen LogP contribution in [0, 0.1) is 5.92 Å². The van der Waals surface area contributed by atoms with Crippen molar-refractivity contribution in [1.29, 1.82) is 0 Å². The first-order chi connectivity index (χ1) is 5.43. The standard InChI is InChI=1S/C10H21N/c1-2-11-9-8-10-6-4-3-5-7-10/h10-11H,2-9H2,1H3. The van der Waals surface area contributed by atoms with Crippen molar-refractivity contribution in [3.63, 3.8) is 0 Å². The molecule has 0 radical (unpaired) electrons. The Balaban J connectivity index is 1.96. The van der Waals surface area contributed by atoms with E-state index in [2.05, 4.69) is 12.2 Å². The van der Waals surface area contributed by atoms with Crippen molar-refractivity contribution >= 4 is 0 Å². The van der Waals surface area contributed by atoms with Gasteiger partial charge in [0.25, 0.3) is 0 Å². The first-order valence-corrected chi connectivity index (χ1v) is 5.14. The number of hydrogen-bond acceptors (Lipinski definition) is 1. The molecule has 1 heteroatoms. The van der Waals surface area contributed by atoms with E-state index in [1.165, 1.54) is 45.1 Å². The van der Waals surface area contributed by atoms with Gasteiger partial charge in [-0.05, 0) is 25.4 Å². The maximum Gasteiger partial charge on any atom is -0.00464 e. The normalized spacial score (nSPS) is 20.5. The lowest BCUT2D eigenvalue weighted by Crippen LogP contribution is -2.18. The Labute approximate surface area is 70.6 Å². The third-order valence-corrected chi connectivity index (χ3v) is 2.70. The molecule has 0 bridgehead atoms. The van der Waals surface area contributed by atoms with Crippen LogP contribution in [0.25, 0.3) is 0 Å². The molecule has 11 heavy (non-hydrogen) atoms. The van der Waals surface area contributed by atoms with Crippen molar-refractivity contribution in [3.8, 4) is 0 Å². The smallest absolute Gasteiger partial charge is 0.00464 e. The van der Waals surface area contributed by atoms with Crippen molar-refractivity contribution in [3.05, 3.63) is 0 Å². The van der Waals surface area contributed by atoms with Gasteiger partial charge in [0.15, 0.2) is 0 Å². The first kappa shape index (κ1) is 9.05. The van der Waals surface area contributed by atoms with E-state index < -0.39 is 0 Å². The summed E-state index contributed by atoms with van der Waals surface area (Å²) in [6, 6.07) is 0. The van der Waals surface area contributed by atoms with Gasteiger partial charge in [0.1, 0.15) is 0 Å². The van der Waals surface area contributed by atoms with Gasteiger partial charge in [-0.1, -0.05) is 39.0 Å². The Morgan fingerprint density at radius 3 is 2.55 bits per heavy atom. The first-order valence-electron chi connectivity index (χ1n) is 5.14. The summed E-state index contributed by atoms with van der Waals surface area (Å²) in [6.45, 7) is 4.55. The van der Waals surface area contributed by atoms with Crippen molar-refractivity contribution in [1.82, 2.24) is 5.32 Å². The van der Waals surface area contributed by atoms with Gasteiger partial charge in [0, 0.05) is 0 Å². The highest BCUT2D eigenvalue weighted by Crippen LogP contribution is 2.25. The minimum absolute atomic E-state index is 1.04. The lowest BCUT2D eigenvalue weighted by molar-refractivity contribution is 0.335. The molecular formula is C10H21N. The van der Waals surface area contributed by atoms with Gasteiger partial charge in [-0.3, -0.25) is 0 Å². The molecule has 0 aromatic heterocycles. The second kappa shape index (κ2) is 5.59. The van der Waals surface area contributed by atoms with Gasteiger partial charge in [0.2, 0.25) is 0 Å². The third-order valence-electron chi connectivity index (χ3n) is 2.70. The molecule has 1 saturated carbocycles. The van der Waals surface area contributed by atoms with Crippen molar-refractivity contribution in [2.75, 3.05) is 13.1 Å². The Kier molecular flexibility index (Phi) is 4.60. The minimum atomic E-state index is 1.04. The van der Waals surface area contributed by atoms with Crippen LogP contribution in [0.2, 0.25) is 0 Å². The number of hydrogen-bond donors (Lipinski definition) is 1. The van der Waals surface area contributed by atoms with E-state index in [0.717, 1.165) is 12.5 Å². The Morgan fingerprint density at radius 2 is 1.91 bits per heavy atom. The van der Waals surface area contributed by atoms with E-state index in [9.17, 15) is 0 Å². The van der Waals surface area contributed by atoms with Crippen LogP contribution in [0.5, 0.6) is 0 Å². The Hall–Kier alpha value is -0.0400. The van der Waals surface area contributed by atoms with Crippen LogP contribution in [0.4, 0.5) is 0 Å². The largest absolute Gasteiger partial charge is 0.317 e. The highest BCUT2D eigenvalue weighted by Gasteiger charge is 2.11. The minimum Gasteiger partial charge on any atom is -0.317 e. The van der Waals surface area contributed by atoms with Gasteiger partial charge in [-0.25, -0.2) is 0 Å². The number of rotatable bonds is 4. The summed E-state index contributed by atoms with van der Waals surface area (Å²) in [7, 11) is 0. The predicted octanol–water partition coefficient (Wildman–Crippen LogP) is 2.57. The Morgan fingerprint density at radius 1 is 1.18 bits per heavy atom. The molecule has 0 aromatic carbocycles. The molecule has 1 aliphatic rings. The van der Waals surface area contributed by atoms with Crippen LogP contribution in [-0.2, 0) is 0 Å². The zero-order valence-electron chi connectivity index (χ0n) is 7.73. The fourth-order valence-corrected chi connectivity index (χ4v) is 1.96. The van der Waals surface area contributed by atoms with Crippen molar-refractivity contribution in [2.45, 2.75) is 45.4 Å². The summed E-state index contributed by atoms with van der Waals surface area (Å²) in [5.41, 5.74) is 0. The fourth-order valence-electron chi connectivity index (χ4n) is 1.96. The molecule has 0 aliphatic heterocycles. The lowest BCUT2D eigenvalue weighted by atomic mass is 9.87. The summed E-state index contributed by atoms with van der Waals surface area (Å²) in [6.07, 6.45) is 8.84. The van der Waals surface area contributed by atoms with Crippen LogP contribution >= 0.6 is 0 Å². The highest BCUT2D eigenvalue weighted by molar-refractivity contribution is 4.66. The molecule has 0 amide bonds. The molecule has 1 nitrogen and oxygen atoms in total. The Bertz CT molecular complexity index is 84.9. The fraction of sp³-hybridized carbons (Fsp3) is 1.00. The SMILES string of the molecule is CCNCCC1CCCCC1. The maximum absolute atomic E-state index is 3.40. The monoisotopic (exact) mass is 155 g/mol. The van der Waals surface area contributed by atoms with E-state index in [0.29, 0.717) is 0 Å². The van der Waals surface area contributed by atoms with Gasteiger partial charge >= 0.3 is 0 Å². The zero-order valence-corrected chi connectivity index (χ0v) is 7.73. The quantitative estimate of drug-likeness (QED) is 0.615. The van der Waals surface area contributed by atoms with Crippen LogP contribution in [-0.4, -0.2) is 13.1 Å². The molecule has 66 valence electrons. The molecule has 0 atom stereocenters. The van der Waals surface area contributed by atoms with Crippen LogP contribution in [0.3, 0.4) is 0 Å². The summed E-state index contributed by atoms with van der Waals surface area (Å²) in [4.78, 5) is 0. The molecule has 0 unspecified atom stereocenters. The van der Waals surface area contributed by atoms with Gasteiger partial charge in [0.05, 0.1) is 0 Å². The molecule has 1 N–H and O–H groups in total. The predicted molar refractivity (Wildman–Crippen MR) is 49.7 cm³/mol. The van der Waals surface area contributed by atoms with Crippen LogP contribution in [0.1, 0.15) is 45.4 Å². The second-order valence-electron chi connectivity index (χ2n) is 3.65. The van der Waals surface area contributed by atoms with E-state index >= 15 is 0 Å². The zero-order chi connectivity index (χ0) is 7.94. The molecule has 1 fully saturated rings. The van der Waals surface area contributed by atoms with Crippen LogP contribution < -0.4 is 5.32 Å². The van der Waals surface area contributed by atoms with Crippen LogP contribution in [0.15, 0.2) is 0 Å². The van der Waals surface area contributed by atoms with E-state index in [1.807, 2.05) is 0 Å². The average molecular weight is 155 g/mol. The topological polar surface area (TPSA) is 12.0 Å². The molecule has 0 aromatic rings. The summed E-state index contributed by atoms with van der Waals surface area (Å²) < 4.78 is 0. The summed E-state index contributed by atoms with van der Waals surface area (Å²) in [5.74, 6) is 1.04. The van der Waals surface area contributed by atoms with Gasteiger partial charge in [-0.2, -0.15) is 0 Å². The molecule has 0 saturated heterocycles. The lowest BCUT2D eigenvalue weighted by Gasteiger charge is -2.21. The second-order valence-corrected chi connectivity index (χ2v) is 3.65. The molecule has 1 aliphatic carbocycles. The summed E-state index contributed by atoms with van der Waals surface area (Å²) in [5, 5.41) is 3.40. The summed E-state index contributed by atoms with van der Waals surface area (Å²) >= 11 is 0. The molecule has 0 spiro atoms. The van der Waals surface area contributed by atoms with Gasteiger partial charge in [-0.15, -0.1) is 0 Å². The molecule has 1 rings (SSSR count). The highest BCUT2D eigenvalue weighted by atomic mass is 14.8. The van der Waals surface area contributed by atoms with Crippen molar-refractivity contribution < 1.29 is 0 Å². The average Bonchev–Trinajstić information content (AvgIpc) is 2.07. The van der Waals surface area contributed by atoms with Crippen molar-refractivity contribution in [2.24, 2.45) is 5.92 Å². The van der Waals surface area contributed by atoms with E-state index in [4.69, 9.17) is 0 Å². The third kappa shape index (κ3) is 3.76. The van der Waals surface area contributed by atoms with E-state index in [-0.39, 0.29) is 0 Å². The number of nitrogens with one attached hydrogen (secondary N) is 1. The molecular weight excluding hydrogens is 134 g/mol. The maximum atomic E-state index is 3.40. The molecule has 0 heterocycles. The van der Waals surface area contributed by atoms with Gasteiger partial charge < -0.3 is 5.32 Å².